The van der Waals surface area contributed by atoms with Crippen molar-refractivity contribution in [1.82, 2.24) is 5.32 Å². The molecule has 1 amide bonds. The van der Waals surface area contributed by atoms with Gasteiger partial charge in [0.15, 0.2) is 6.61 Å². The predicted molar refractivity (Wildman–Crippen MR) is 63.5 cm³/mol. The van der Waals surface area contributed by atoms with E-state index in [1.165, 1.54) is 0 Å². The van der Waals surface area contributed by atoms with Crippen molar-refractivity contribution in [2.45, 2.75) is 13.8 Å². The summed E-state index contributed by atoms with van der Waals surface area (Å²) >= 11 is 0. The van der Waals surface area contributed by atoms with Crippen LogP contribution in [0.3, 0.4) is 0 Å². The van der Waals surface area contributed by atoms with Crippen molar-refractivity contribution in [2.75, 3.05) is 19.7 Å². The van der Waals surface area contributed by atoms with E-state index < -0.39 is 0 Å². The summed E-state index contributed by atoms with van der Waals surface area (Å²) in [5, 5.41) is 2.65. The first-order chi connectivity index (χ1) is 7.65. The molecule has 0 saturated carbocycles. The van der Waals surface area contributed by atoms with Crippen LogP contribution in [-0.4, -0.2) is 25.6 Å². The first kappa shape index (κ1) is 12.5. The maximum absolute atomic E-state index is 11.3. The van der Waals surface area contributed by atoms with E-state index in [1.807, 2.05) is 32.0 Å². The highest BCUT2D eigenvalue weighted by molar-refractivity contribution is 5.77. The Morgan fingerprint density at radius 2 is 2.00 bits per heavy atom. The molecule has 0 spiro atoms. The fraction of sp³-hybridized carbons (Fsp3) is 0.417. The van der Waals surface area contributed by atoms with Crippen LogP contribution in [0.4, 0.5) is 0 Å². The molecule has 0 aliphatic rings. The van der Waals surface area contributed by atoms with E-state index in [2.05, 4.69) is 5.32 Å². The topological polar surface area (TPSA) is 64.3 Å². The van der Waals surface area contributed by atoms with Crippen molar-refractivity contribution < 1.29 is 9.53 Å². The zero-order valence-electron chi connectivity index (χ0n) is 9.75. The number of aryl methyl sites for hydroxylation is 2. The minimum absolute atomic E-state index is 0.0334. The molecule has 0 unspecified atom stereocenters. The number of rotatable bonds is 5. The van der Waals surface area contributed by atoms with Crippen LogP contribution >= 0.6 is 0 Å². The first-order valence-electron chi connectivity index (χ1n) is 5.31. The molecule has 1 aromatic carbocycles. The number of carbonyl (C=O) groups is 1. The Hall–Kier alpha value is -1.55. The lowest BCUT2D eigenvalue weighted by atomic mass is 10.1. The van der Waals surface area contributed by atoms with Gasteiger partial charge in [0.25, 0.3) is 5.91 Å². The van der Waals surface area contributed by atoms with Crippen LogP contribution in [-0.2, 0) is 4.79 Å². The normalized spacial score (nSPS) is 9.94. The summed E-state index contributed by atoms with van der Waals surface area (Å²) in [5.41, 5.74) is 7.34. The van der Waals surface area contributed by atoms with Crippen molar-refractivity contribution in [3.05, 3.63) is 29.3 Å². The fourth-order valence-electron chi connectivity index (χ4n) is 1.43. The van der Waals surface area contributed by atoms with Crippen LogP contribution in [0.1, 0.15) is 11.1 Å². The van der Waals surface area contributed by atoms with Crippen LogP contribution in [0.2, 0.25) is 0 Å². The monoisotopic (exact) mass is 222 g/mol. The van der Waals surface area contributed by atoms with Gasteiger partial charge < -0.3 is 15.8 Å². The highest BCUT2D eigenvalue weighted by atomic mass is 16.5. The summed E-state index contributed by atoms with van der Waals surface area (Å²) in [6.45, 7) is 4.87. The molecule has 0 saturated heterocycles. The van der Waals surface area contributed by atoms with Crippen molar-refractivity contribution in [1.29, 1.82) is 0 Å². The van der Waals surface area contributed by atoms with E-state index in [4.69, 9.17) is 10.5 Å². The molecule has 4 nitrogen and oxygen atoms in total. The van der Waals surface area contributed by atoms with E-state index in [1.54, 1.807) is 0 Å². The third-order valence-electron chi connectivity index (χ3n) is 2.22. The highest BCUT2D eigenvalue weighted by Crippen LogP contribution is 2.21. The molecule has 1 rings (SSSR count). The fourth-order valence-corrected chi connectivity index (χ4v) is 1.43. The van der Waals surface area contributed by atoms with Crippen molar-refractivity contribution in [2.24, 2.45) is 5.73 Å². The van der Waals surface area contributed by atoms with Gasteiger partial charge in [-0.05, 0) is 25.0 Å². The number of nitrogens with two attached hydrogens (primary N) is 1. The van der Waals surface area contributed by atoms with Gasteiger partial charge in [0, 0.05) is 13.1 Å². The summed E-state index contributed by atoms with van der Waals surface area (Å²) < 4.78 is 5.47. The Morgan fingerprint density at radius 1 is 1.38 bits per heavy atom. The maximum Gasteiger partial charge on any atom is 0.257 e. The minimum atomic E-state index is -0.145. The summed E-state index contributed by atoms with van der Waals surface area (Å²) in [6.07, 6.45) is 0. The van der Waals surface area contributed by atoms with Crippen molar-refractivity contribution in [3.8, 4) is 5.75 Å². The molecule has 88 valence electrons. The molecule has 0 fully saturated rings. The third-order valence-corrected chi connectivity index (χ3v) is 2.22. The molecule has 16 heavy (non-hydrogen) atoms. The number of hydrogen-bond acceptors (Lipinski definition) is 3. The number of nitrogens with one attached hydrogen (secondary N) is 1. The van der Waals surface area contributed by atoms with E-state index in [0.717, 1.165) is 16.9 Å². The average Bonchev–Trinajstić information content (AvgIpc) is 2.25. The van der Waals surface area contributed by atoms with Crippen LogP contribution in [0, 0.1) is 13.8 Å². The first-order valence-corrected chi connectivity index (χ1v) is 5.31. The largest absolute Gasteiger partial charge is 0.483 e. The molecule has 0 aromatic heterocycles. The van der Waals surface area contributed by atoms with Gasteiger partial charge in [0.05, 0.1) is 0 Å². The Labute approximate surface area is 95.8 Å². The number of para-hydroxylation sites is 1. The number of amides is 1. The Balaban J connectivity index is 2.51. The maximum atomic E-state index is 11.3. The van der Waals surface area contributed by atoms with E-state index in [0.29, 0.717) is 13.1 Å². The van der Waals surface area contributed by atoms with Gasteiger partial charge in [-0.1, -0.05) is 18.2 Å². The summed E-state index contributed by atoms with van der Waals surface area (Å²) in [5.74, 6) is 0.638. The molecular formula is C12H18N2O2. The number of carbonyl (C=O) groups excluding carboxylic acids is 1. The smallest absolute Gasteiger partial charge is 0.257 e. The summed E-state index contributed by atoms with van der Waals surface area (Å²) in [4.78, 5) is 11.3. The Bertz CT molecular complexity index is 344. The molecule has 0 aliphatic heterocycles. The van der Waals surface area contributed by atoms with Crippen molar-refractivity contribution in [3.63, 3.8) is 0 Å². The lowest BCUT2D eigenvalue weighted by Crippen LogP contribution is -2.33. The highest BCUT2D eigenvalue weighted by Gasteiger charge is 2.06. The standard InChI is InChI=1S/C12H18N2O2/c1-9-4-3-5-10(2)12(9)16-8-11(15)14-7-6-13/h3-5H,6-8,13H2,1-2H3,(H,14,15). The molecule has 4 heteroatoms. The van der Waals surface area contributed by atoms with Crippen LogP contribution in [0.5, 0.6) is 5.75 Å². The SMILES string of the molecule is Cc1cccc(C)c1OCC(=O)NCCN. The van der Waals surface area contributed by atoms with Gasteiger partial charge in [-0.25, -0.2) is 0 Å². The quantitative estimate of drug-likeness (QED) is 0.773. The van der Waals surface area contributed by atoms with Crippen LogP contribution < -0.4 is 15.8 Å². The number of ether oxygens (including phenoxy) is 1. The second-order valence-electron chi connectivity index (χ2n) is 3.65. The molecule has 3 N–H and O–H groups in total. The van der Waals surface area contributed by atoms with Gasteiger partial charge in [-0.3, -0.25) is 4.79 Å². The zero-order valence-corrected chi connectivity index (χ0v) is 9.75. The van der Waals surface area contributed by atoms with Crippen LogP contribution in [0.15, 0.2) is 18.2 Å². The Morgan fingerprint density at radius 3 is 2.56 bits per heavy atom. The zero-order chi connectivity index (χ0) is 12.0. The van der Waals surface area contributed by atoms with Crippen molar-refractivity contribution >= 4 is 5.91 Å². The van der Waals surface area contributed by atoms with Gasteiger partial charge >= 0.3 is 0 Å². The Kier molecular flexibility index (Phi) is 4.79. The predicted octanol–water partition coefficient (Wildman–Crippen LogP) is 0.757. The molecular weight excluding hydrogens is 204 g/mol. The second kappa shape index (κ2) is 6.12. The van der Waals surface area contributed by atoms with E-state index >= 15 is 0 Å². The van der Waals surface area contributed by atoms with Gasteiger partial charge in [0.1, 0.15) is 5.75 Å². The van der Waals surface area contributed by atoms with Gasteiger partial charge in [-0.2, -0.15) is 0 Å². The van der Waals surface area contributed by atoms with Gasteiger partial charge in [-0.15, -0.1) is 0 Å². The minimum Gasteiger partial charge on any atom is -0.483 e. The molecule has 1 aromatic rings. The number of benzene rings is 1. The molecule has 0 heterocycles. The summed E-state index contributed by atoms with van der Waals surface area (Å²) in [6, 6.07) is 5.88. The number of hydrogen-bond donors (Lipinski definition) is 2. The molecule has 0 aliphatic carbocycles. The third kappa shape index (κ3) is 3.55. The molecule has 0 bridgehead atoms. The van der Waals surface area contributed by atoms with E-state index in [9.17, 15) is 4.79 Å². The lowest BCUT2D eigenvalue weighted by Gasteiger charge is -2.11. The second-order valence-corrected chi connectivity index (χ2v) is 3.65. The average molecular weight is 222 g/mol. The van der Waals surface area contributed by atoms with Gasteiger partial charge in [0.2, 0.25) is 0 Å². The lowest BCUT2D eigenvalue weighted by molar-refractivity contribution is -0.123. The van der Waals surface area contributed by atoms with Crippen LogP contribution in [0.25, 0.3) is 0 Å². The molecule has 0 atom stereocenters. The van der Waals surface area contributed by atoms with E-state index in [-0.39, 0.29) is 12.5 Å². The molecule has 0 radical (unpaired) electrons. The summed E-state index contributed by atoms with van der Waals surface area (Å²) in [7, 11) is 0.